The predicted molar refractivity (Wildman–Crippen MR) is 44.8 cm³/mol. The van der Waals surface area contributed by atoms with Crippen LogP contribution in [0.25, 0.3) is 0 Å². The van der Waals surface area contributed by atoms with E-state index < -0.39 is 17.2 Å². The first-order chi connectivity index (χ1) is 5.41. The van der Waals surface area contributed by atoms with Crippen LogP contribution in [-0.2, 0) is 6.18 Å². The number of alkyl halides is 3. The Kier molecular flexibility index (Phi) is 4.08. The van der Waals surface area contributed by atoms with E-state index in [4.69, 9.17) is 5.73 Å². The lowest BCUT2D eigenvalue weighted by molar-refractivity contribution is -0.138. The van der Waals surface area contributed by atoms with Crippen LogP contribution in [0.4, 0.5) is 13.2 Å². The van der Waals surface area contributed by atoms with Gasteiger partial charge in [-0.05, 0) is 6.92 Å². The number of halogens is 4. The smallest absolute Gasteiger partial charge is 0.322 e. The molecule has 0 radical (unpaired) electrons. The summed E-state index contributed by atoms with van der Waals surface area (Å²) in [5.74, 6) is 0. The van der Waals surface area contributed by atoms with Gasteiger partial charge in [0, 0.05) is 0 Å². The molecule has 2 N–H and O–H groups in total. The summed E-state index contributed by atoms with van der Waals surface area (Å²) in [4.78, 5) is 0. The number of nitrogens with two attached hydrogens (primary N) is 1. The Bertz CT molecular complexity index is 272. The first kappa shape index (κ1) is 12.6. The number of hydrogen-bond acceptors (Lipinski definition) is 4. The lowest BCUT2D eigenvalue weighted by atomic mass is 10.4. The van der Waals surface area contributed by atoms with Crippen molar-refractivity contribution >= 4 is 23.7 Å². The van der Waals surface area contributed by atoms with Crippen LogP contribution < -0.4 is 5.73 Å². The van der Waals surface area contributed by atoms with E-state index >= 15 is 0 Å². The lowest BCUT2D eigenvalue weighted by Gasteiger charge is -1.98. The highest BCUT2D eigenvalue weighted by Crippen LogP contribution is 2.32. The molecule has 0 aliphatic carbocycles. The number of nitrogens with zero attached hydrogens (tertiary/aromatic N) is 2. The van der Waals surface area contributed by atoms with Gasteiger partial charge >= 0.3 is 6.18 Å². The largest absolute Gasteiger partial charge is 0.445 e. The van der Waals surface area contributed by atoms with Gasteiger partial charge in [0.05, 0.1) is 6.04 Å². The minimum Gasteiger partial charge on any atom is -0.322 e. The summed E-state index contributed by atoms with van der Waals surface area (Å²) in [5, 5.41) is 5.53. The second-order valence-electron chi connectivity index (χ2n) is 2.23. The van der Waals surface area contributed by atoms with Crippen LogP contribution in [0.2, 0.25) is 0 Å². The molecular weight excluding hydrogens is 227 g/mol. The zero-order valence-corrected chi connectivity index (χ0v) is 8.13. The van der Waals surface area contributed by atoms with E-state index in [2.05, 4.69) is 10.2 Å². The van der Waals surface area contributed by atoms with Crippen LogP contribution in [0, 0.1) is 0 Å². The summed E-state index contributed by atoms with van der Waals surface area (Å²) in [5.41, 5.74) is 5.31. The zero-order valence-electron chi connectivity index (χ0n) is 6.50. The molecule has 1 aromatic rings. The normalized spacial score (nSPS) is 13.6. The van der Waals surface area contributed by atoms with Gasteiger partial charge in [-0.1, -0.05) is 11.3 Å². The summed E-state index contributed by atoms with van der Waals surface area (Å²) >= 11 is 0.476. The first-order valence-electron chi connectivity index (χ1n) is 3.07. The summed E-state index contributed by atoms with van der Waals surface area (Å²) in [6.45, 7) is 1.56. The maximum Gasteiger partial charge on any atom is 0.445 e. The van der Waals surface area contributed by atoms with Crippen LogP contribution in [-0.4, -0.2) is 10.2 Å². The molecule has 0 aromatic carbocycles. The average molecular weight is 234 g/mol. The fraction of sp³-hybridized carbons (Fsp3) is 0.600. The molecule has 0 aliphatic rings. The van der Waals surface area contributed by atoms with Gasteiger partial charge in [-0.15, -0.1) is 22.6 Å². The fourth-order valence-corrected chi connectivity index (χ4v) is 1.20. The highest BCUT2D eigenvalue weighted by Gasteiger charge is 2.35. The Morgan fingerprint density at radius 3 is 2.15 bits per heavy atom. The molecule has 0 spiro atoms. The van der Waals surface area contributed by atoms with Crippen LogP contribution >= 0.6 is 23.7 Å². The van der Waals surface area contributed by atoms with E-state index in [0.29, 0.717) is 11.3 Å². The van der Waals surface area contributed by atoms with E-state index in [1.54, 1.807) is 6.92 Å². The van der Waals surface area contributed by atoms with E-state index in [9.17, 15) is 13.2 Å². The second kappa shape index (κ2) is 4.21. The van der Waals surface area contributed by atoms with Gasteiger partial charge in [0.2, 0.25) is 5.01 Å². The minimum atomic E-state index is -4.41. The van der Waals surface area contributed by atoms with Gasteiger partial charge in [0.25, 0.3) is 0 Å². The Labute approximate surface area is 82.6 Å². The zero-order chi connectivity index (χ0) is 9.35. The van der Waals surface area contributed by atoms with Crippen molar-refractivity contribution in [3.63, 3.8) is 0 Å². The van der Waals surface area contributed by atoms with Crippen molar-refractivity contribution in [3.05, 3.63) is 10.0 Å². The molecule has 76 valence electrons. The predicted octanol–water partition coefficient (Wildman–Crippen LogP) is 2.00. The van der Waals surface area contributed by atoms with Gasteiger partial charge in [0.1, 0.15) is 5.01 Å². The number of hydrogen-bond donors (Lipinski definition) is 1. The highest BCUT2D eigenvalue weighted by atomic mass is 35.5. The molecule has 0 unspecified atom stereocenters. The van der Waals surface area contributed by atoms with Gasteiger partial charge in [-0.2, -0.15) is 13.2 Å². The molecule has 0 saturated carbocycles. The van der Waals surface area contributed by atoms with Crippen molar-refractivity contribution in [1.82, 2.24) is 10.2 Å². The van der Waals surface area contributed by atoms with E-state index in [0.717, 1.165) is 0 Å². The highest BCUT2D eigenvalue weighted by molar-refractivity contribution is 7.11. The third-order valence-corrected chi connectivity index (χ3v) is 2.24. The summed E-state index contributed by atoms with van der Waals surface area (Å²) in [6.07, 6.45) is -4.41. The average Bonchev–Trinajstić information content (AvgIpc) is 2.30. The van der Waals surface area contributed by atoms with Crippen LogP contribution in [0.5, 0.6) is 0 Å². The molecule has 13 heavy (non-hydrogen) atoms. The van der Waals surface area contributed by atoms with Gasteiger partial charge in [-0.25, -0.2) is 0 Å². The van der Waals surface area contributed by atoms with Gasteiger partial charge in [0.15, 0.2) is 0 Å². The molecule has 0 fully saturated rings. The topological polar surface area (TPSA) is 51.8 Å². The maximum absolute atomic E-state index is 11.9. The third-order valence-electron chi connectivity index (χ3n) is 1.07. The van der Waals surface area contributed by atoms with E-state index in [-0.39, 0.29) is 17.4 Å². The second-order valence-corrected chi connectivity index (χ2v) is 3.24. The van der Waals surface area contributed by atoms with Crippen molar-refractivity contribution in [3.8, 4) is 0 Å². The van der Waals surface area contributed by atoms with Crippen LogP contribution in [0.15, 0.2) is 0 Å². The standard InChI is InChI=1S/C5H6F3N3S.ClH/c1-2(9)3-10-11-4(12-3)5(6,7)8;/h2H,9H2,1H3;1H/t2-;/m1./s1. The summed E-state index contributed by atoms with van der Waals surface area (Å²) < 4.78 is 35.8. The Morgan fingerprint density at radius 2 is 1.92 bits per heavy atom. The molecule has 3 nitrogen and oxygen atoms in total. The molecule has 1 heterocycles. The van der Waals surface area contributed by atoms with Crippen molar-refractivity contribution in [1.29, 1.82) is 0 Å². The molecule has 0 saturated heterocycles. The van der Waals surface area contributed by atoms with E-state index in [1.165, 1.54) is 0 Å². The molecule has 1 rings (SSSR count). The molecular formula is C5H7ClF3N3S. The lowest BCUT2D eigenvalue weighted by Crippen LogP contribution is -2.03. The molecule has 1 atom stereocenters. The van der Waals surface area contributed by atoms with Crippen LogP contribution in [0.3, 0.4) is 0 Å². The van der Waals surface area contributed by atoms with E-state index in [1.807, 2.05) is 0 Å². The Balaban J connectivity index is 0.00000144. The van der Waals surface area contributed by atoms with Crippen molar-refractivity contribution < 1.29 is 13.2 Å². The van der Waals surface area contributed by atoms with Crippen LogP contribution in [0.1, 0.15) is 23.0 Å². The Morgan fingerprint density at radius 1 is 1.38 bits per heavy atom. The van der Waals surface area contributed by atoms with Crippen molar-refractivity contribution in [2.24, 2.45) is 5.73 Å². The third kappa shape index (κ3) is 3.09. The number of rotatable bonds is 1. The SMILES string of the molecule is C[C@@H](N)c1nnc(C(F)(F)F)s1.Cl. The van der Waals surface area contributed by atoms with Crippen molar-refractivity contribution in [2.75, 3.05) is 0 Å². The van der Waals surface area contributed by atoms with Gasteiger partial charge < -0.3 is 5.73 Å². The molecule has 8 heteroatoms. The Hall–Kier alpha value is -0.400. The number of aromatic nitrogens is 2. The molecule has 1 aromatic heterocycles. The fourth-order valence-electron chi connectivity index (χ4n) is 0.533. The quantitative estimate of drug-likeness (QED) is 0.807. The molecule has 0 aliphatic heterocycles. The monoisotopic (exact) mass is 233 g/mol. The van der Waals surface area contributed by atoms with Gasteiger partial charge in [-0.3, -0.25) is 0 Å². The summed E-state index contributed by atoms with van der Waals surface area (Å²) in [7, 11) is 0. The molecule has 0 bridgehead atoms. The minimum absolute atomic E-state index is 0. The summed E-state index contributed by atoms with van der Waals surface area (Å²) in [6, 6.07) is -0.501. The van der Waals surface area contributed by atoms with Crippen molar-refractivity contribution in [2.45, 2.75) is 19.1 Å². The molecule has 0 amide bonds. The first-order valence-corrected chi connectivity index (χ1v) is 3.89. The maximum atomic E-state index is 11.9.